The fraction of sp³-hybridized carbons (Fsp3) is 0.391. The van der Waals surface area contributed by atoms with E-state index in [4.69, 9.17) is 23.2 Å². The third kappa shape index (κ3) is 6.76. The second-order valence-electron chi connectivity index (χ2n) is 7.52. The van der Waals surface area contributed by atoms with Crippen LogP contribution >= 0.6 is 23.2 Å². The van der Waals surface area contributed by atoms with Gasteiger partial charge >= 0.3 is 0 Å². The topological polar surface area (TPSA) is 49.4 Å². The number of halogens is 2. The lowest BCUT2D eigenvalue weighted by Gasteiger charge is -2.31. The molecule has 0 aliphatic heterocycles. The van der Waals surface area contributed by atoms with E-state index < -0.39 is 6.04 Å². The lowest BCUT2D eigenvalue weighted by molar-refractivity contribution is -0.141. The maximum atomic E-state index is 13.2. The Morgan fingerprint density at radius 3 is 2.17 bits per heavy atom. The molecule has 2 rings (SSSR count). The molecule has 2 amide bonds. The normalized spacial score (nSPS) is 12.0. The minimum Gasteiger partial charge on any atom is -0.352 e. The van der Waals surface area contributed by atoms with Crippen LogP contribution in [0.1, 0.15) is 43.9 Å². The smallest absolute Gasteiger partial charge is 0.243 e. The van der Waals surface area contributed by atoms with Crippen LogP contribution in [0.25, 0.3) is 0 Å². The van der Waals surface area contributed by atoms with Gasteiger partial charge in [0.15, 0.2) is 0 Å². The standard InChI is InChI=1S/C23H28Cl2N2O2/c1-5-21(23(29)26-15(2)3)27(14-17-8-6-16(4)7-9-17)22(28)13-18-10-11-19(24)20(25)12-18/h6-12,15,21H,5,13-14H2,1-4H3,(H,26,29)/t21-/m1/s1. The van der Waals surface area contributed by atoms with Gasteiger partial charge in [0, 0.05) is 12.6 Å². The molecule has 0 saturated carbocycles. The van der Waals surface area contributed by atoms with Crippen molar-refractivity contribution in [3.63, 3.8) is 0 Å². The van der Waals surface area contributed by atoms with Gasteiger partial charge in [0.2, 0.25) is 11.8 Å². The van der Waals surface area contributed by atoms with Crippen molar-refractivity contribution in [3.8, 4) is 0 Å². The fourth-order valence-electron chi connectivity index (χ4n) is 3.12. The molecule has 156 valence electrons. The van der Waals surface area contributed by atoms with Crippen molar-refractivity contribution in [3.05, 3.63) is 69.2 Å². The van der Waals surface area contributed by atoms with Gasteiger partial charge in [-0.1, -0.05) is 66.0 Å². The highest BCUT2D eigenvalue weighted by Crippen LogP contribution is 2.23. The number of rotatable bonds is 8. The molecule has 2 aromatic rings. The lowest BCUT2D eigenvalue weighted by atomic mass is 10.1. The molecule has 0 aliphatic carbocycles. The van der Waals surface area contributed by atoms with Crippen molar-refractivity contribution in [2.24, 2.45) is 0 Å². The summed E-state index contributed by atoms with van der Waals surface area (Å²) in [4.78, 5) is 27.7. The third-order valence-electron chi connectivity index (χ3n) is 4.63. The molecule has 4 nitrogen and oxygen atoms in total. The number of carbonyl (C=O) groups excluding carboxylic acids is 2. The zero-order valence-corrected chi connectivity index (χ0v) is 18.8. The predicted octanol–water partition coefficient (Wildman–Crippen LogP) is 5.18. The van der Waals surface area contributed by atoms with E-state index in [1.165, 1.54) is 0 Å². The summed E-state index contributed by atoms with van der Waals surface area (Å²) in [5.41, 5.74) is 2.89. The molecule has 1 atom stereocenters. The van der Waals surface area contributed by atoms with Crippen molar-refractivity contribution in [2.45, 2.75) is 59.2 Å². The van der Waals surface area contributed by atoms with Crippen LogP contribution in [0.3, 0.4) is 0 Å². The maximum absolute atomic E-state index is 13.2. The summed E-state index contributed by atoms with van der Waals surface area (Å²) in [7, 11) is 0. The molecule has 0 heterocycles. The SMILES string of the molecule is CC[C@H](C(=O)NC(C)C)N(Cc1ccc(C)cc1)C(=O)Cc1ccc(Cl)c(Cl)c1. The Balaban J connectivity index is 2.30. The van der Waals surface area contributed by atoms with Crippen LogP contribution < -0.4 is 5.32 Å². The van der Waals surface area contributed by atoms with Crippen LogP contribution in [0.2, 0.25) is 10.0 Å². The highest BCUT2D eigenvalue weighted by atomic mass is 35.5. The first-order chi connectivity index (χ1) is 13.7. The molecular weight excluding hydrogens is 407 g/mol. The van der Waals surface area contributed by atoms with Gasteiger partial charge in [0.1, 0.15) is 6.04 Å². The van der Waals surface area contributed by atoms with Crippen molar-refractivity contribution >= 4 is 35.0 Å². The Morgan fingerprint density at radius 2 is 1.62 bits per heavy atom. The highest BCUT2D eigenvalue weighted by molar-refractivity contribution is 6.42. The first-order valence-electron chi connectivity index (χ1n) is 9.80. The van der Waals surface area contributed by atoms with Crippen LogP contribution in [0.4, 0.5) is 0 Å². The first-order valence-corrected chi connectivity index (χ1v) is 10.6. The zero-order valence-electron chi connectivity index (χ0n) is 17.3. The van der Waals surface area contributed by atoms with Crippen LogP contribution in [0, 0.1) is 6.92 Å². The van der Waals surface area contributed by atoms with Gasteiger partial charge < -0.3 is 10.2 Å². The summed E-state index contributed by atoms with van der Waals surface area (Å²) < 4.78 is 0. The molecule has 0 radical (unpaired) electrons. The van der Waals surface area contributed by atoms with E-state index in [1.807, 2.05) is 52.0 Å². The Morgan fingerprint density at radius 1 is 1.00 bits per heavy atom. The van der Waals surface area contributed by atoms with Crippen LogP contribution in [0.15, 0.2) is 42.5 Å². The predicted molar refractivity (Wildman–Crippen MR) is 119 cm³/mol. The average Bonchev–Trinajstić information content (AvgIpc) is 2.65. The van der Waals surface area contributed by atoms with E-state index in [9.17, 15) is 9.59 Å². The number of nitrogens with zero attached hydrogens (tertiary/aromatic N) is 1. The van der Waals surface area contributed by atoms with E-state index in [1.54, 1.807) is 23.1 Å². The monoisotopic (exact) mass is 434 g/mol. The number of hydrogen-bond acceptors (Lipinski definition) is 2. The number of amides is 2. The summed E-state index contributed by atoms with van der Waals surface area (Å²) in [5.74, 6) is -0.271. The zero-order chi connectivity index (χ0) is 21.6. The molecule has 0 unspecified atom stereocenters. The Kier molecular flexibility index (Phi) is 8.54. The summed E-state index contributed by atoms with van der Waals surface area (Å²) in [5, 5.41) is 3.79. The van der Waals surface area contributed by atoms with E-state index >= 15 is 0 Å². The molecule has 0 spiro atoms. The summed E-state index contributed by atoms with van der Waals surface area (Å²) in [6.45, 7) is 8.12. The van der Waals surface area contributed by atoms with Gasteiger partial charge in [-0.3, -0.25) is 9.59 Å². The van der Waals surface area contributed by atoms with Gasteiger partial charge in [-0.25, -0.2) is 0 Å². The van der Waals surface area contributed by atoms with Crippen LogP contribution in [-0.4, -0.2) is 28.8 Å². The summed E-state index contributed by atoms with van der Waals surface area (Å²) >= 11 is 12.1. The number of benzene rings is 2. The van der Waals surface area contributed by atoms with Gasteiger partial charge in [-0.05, 0) is 50.5 Å². The van der Waals surface area contributed by atoms with Crippen molar-refractivity contribution in [1.29, 1.82) is 0 Å². The fourth-order valence-corrected chi connectivity index (χ4v) is 3.44. The van der Waals surface area contributed by atoms with Crippen LogP contribution in [-0.2, 0) is 22.6 Å². The molecule has 0 fully saturated rings. The lowest BCUT2D eigenvalue weighted by Crippen LogP contribution is -2.50. The number of nitrogens with one attached hydrogen (secondary N) is 1. The molecular formula is C23H28Cl2N2O2. The Hall–Kier alpha value is -2.04. The van der Waals surface area contributed by atoms with E-state index in [0.29, 0.717) is 23.0 Å². The molecule has 1 N–H and O–H groups in total. The minimum absolute atomic E-state index is 0.00273. The van der Waals surface area contributed by atoms with Crippen molar-refractivity contribution in [2.75, 3.05) is 0 Å². The number of hydrogen-bond donors (Lipinski definition) is 1. The summed E-state index contributed by atoms with van der Waals surface area (Å²) in [6.07, 6.45) is 0.672. The molecule has 2 aromatic carbocycles. The molecule has 0 aliphatic rings. The van der Waals surface area contributed by atoms with Gasteiger partial charge in [0.05, 0.1) is 16.5 Å². The van der Waals surface area contributed by atoms with E-state index in [2.05, 4.69) is 5.32 Å². The van der Waals surface area contributed by atoms with E-state index in [0.717, 1.165) is 16.7 Å². The van der Waals surface area contributed by atoms with Gasteiger partial charge in [-0.15, -0.1) is 0 Å². The molecule has 0 aromatic heterocycles. The minimum atomic E-state index is -0.547. The molecule has 0 bridgehead atoms. The van der Waals surface area contributed by atoms with Crippen molar-refractivity contribution < 1.29 is 9.59 Å². The molecule has 0 saturated heterocycles. The summed E-state index contributed by atoms with van der Waals surface area (Å²) in [6, 6.07) is 12.6. The Labute approximate surface area is 183 Å². The molecule has 29 heavy (non-hydrogen) atoms. The maximum Gasteiger partial charge on any atom is 0.243 e. The van der Waals surface area contributed by atoms with E-state index in [-0.39, 0.29) is 24.3 Å². The second kappa shape index (κ2) is 10.7. The van der Waals surface area contributed by atoms with Crippen molar-refractivity contribution in [1.82, 2.24) is 10.2 Å². The van der Waals surface area contributed by atoms with Crippen LogP contribution in [0.5, 0.6) is 0 Å². The number of aryl methyl sites for hydroxylation is 1. The second-order valence-corrected chi connectivity index (χ2v) is 8.33. The Bertz CT molecular complexity index is 850. The number of carbonyl (C=O) groups is 2. The van der Waals surface area contributed by atoms with Gasteiger partial charge in [0.25, 0.3) is 0 Å². The molecule has 6 heteroatoms. The highest BCUT2D eigenvalue weighted by Gasteiger charge is 2.29. The average molecular weight is 435 g/mol. The third-order valence-corrected chi connectivity index (χ3v) is 5.37. The quantitative estimate of drug-likeness (QED) is 0.622. The van der Waals surface area contributed by atoms with Gasteiger partial charge in [-0.2, -0.15) is 0 Å². The first kappa shape index (κ1) is 23.2. The largest absolute Gasteiger partial charge is 0.352 e.